The van der Waals surface area contributed by atoms with Crippen LogP contribution in [0.4, 0.5) is 4.79 Å². The van der Waals surface area contributed by atoms with Crippen LogP contribution in [-0.2, 0) is 9.53 Å². The van der Waals surface area contributed by atoms with Crippen molar-refractivity contribution in [2.75, 3.05) is 19.7 Å². The van der Waals surface area contributed by atoms with Gasteiger partial charge >= 0.3 is 6.09 Å². The van der Waals surface area contributed by atoms with Gasteiger partial charge in [0, 0.05) is 24.5 Å². The average molecular weight is 312 g/mol. The Kier molecular flexibility index (Phi) is 7.17. The van der Waals surface area contributed by atoms with Crippen LogP contribution in [0.3, 0.4) is 0 Å². The molecule has 1 saturated heterocycles. The van der Waals surface area contributed by atoms with E-state index in [4.69, 9.17) is 4.74 Å². The largest absolute Gasteiger partial charge is 0.450 e. The monoisotopic (exact) mass is 312 g/mol. The van der Waals surface area contributed by atoms with E-state index in [2.05, 4.69) is 12.2 Å². The Morgan fingerprint density at radius 3 is 2.45 bits per heavy atom. The third-order valence-corrected chi connectivity index (χ3v) is 4.05. The van der Waals surface area contributed by atoms with Crippen LogP contribution in [0, 0.1) is 11.3 Å². The normalized spacial score (nSPS) is 22.3. The number of nitrogens with zero attached hydrogens (tertiary/aromatic N) is 1. The summed E-state index contributed by atoms with van der Waals surface area (Å²) in [4.78, 5) is 26.0. The first-order chi connectivity index (χ1) is 10.3. The van der Waals surface area contributed by atoms with E-state index >= 15 is 0 Å². The van der Waals surface area contributed by atoms with Crippen molar-refractivity contribution in [2.45, 2.75) is 66.3 Å². The van der Waals surface area contributed by atoms with Crippen LogP contribution in [0.2, 0.25) is 0 Å². The van der Waals surface area contributed by atoms with Gasteiger partial charge in [-0.15, -0.1) is 0 Å². The molecule has 2 atom stereocenters. The molecule has 0 saturated carbocycles. The second-order valence-corrected chi connectivity index (χ2v) is 7.27. The van der Waals surface area contributed by atoms with Crippen molar-refractivity contribution in [3.8, 4) is 0 Å². The van der Waals surface area contributed by atoms with Crippen LogP contribution in [0.15, 0.2) is 0 Å². The molecule has 0 bridgehead atoms. The van der Waals surface area contributed by atoms with Gasteiger partial charge in [0.1, 0.15) is 0 Å². The van der Waals surface area contributed by atoms with Crippen molar-refractivity contribution >= 4 is 12.0 Å². The van der Waals surface area contributed by atoms with Gasteiger partial charge in [0.05, 0.1) is 6.61 Å². The van der Waals surface area contributed by atoms with Crippen LogP contribution in [0.1, 0.15) is 60.3 Å². The fourth-order valence-electron chi connectivity index (χ4n) is 2.78. The predicted octanol–water partition coefficient (Wildman–Crippen LogP) is 3.19. The zero-order chi connectivity index (χ0) is 16.8. The van der Waals surface area contributed by atoms with Crippen LogP contribution < -0.4 is 5.32 Å². The van der Waals surface area contributed by atoms with Crippen molar-refractivity contribution in [1.82, 2.24) is 10.2 Å². The molecule has 22 heavy (non-hydrogen) atoms. The smallest absolute Gasteiger partial charge is 0.409 e. The zero-order valence-electron chi connectivity index (χ0n) is 14.8. The van der Waals surface area contributed by atoms with Crippen molar-refractivity contribution in [1.29, 1.82) is 0 Å². The van der Waals surface area contributed by atoms with Gasteiger partial charge in [-0.2, -0.15) is 0 Å². The molecule has 0 aromatic carbocycles. The fourth-order valence-corrected chi connectivity index (χ4v) is 2.78. The third kappa shape index (κ3) is 5.85. The van der Waals surface area contributed by atoms with Gasteiger partial charge in [0.25, 0.3) is 0 Å². The van der Waals surface area contributed by atoms with Gasteiger partial charge in [0.2, 0.25) is 5.91 Å². The topological polar surface area (TPSA) is 58.6 Å². The zero-order valence-corrected chi connectivity index (χ0v) is 14.8. The summed E-state index contributed by atoms with van der Waals surface area (Å²) < 4.78 is 5.13. The van der Waals surface area contributed by atoms with Crippen LogP contribution >= 0.6 is 0 Å². The maximum Gasteiger partial charge on any atom is 0.409 e. The van der Waals surface area contributed by atoms with Crippen molar-refractivity contribution < 1.29 is 14.3 Å². The number of rotatable bonds is 5. The lowest BCUT2D eigenvalue weighted by molar-refractivity contribution is -0.129. The Morgan fingerprint density at radius 2 is 1.91 bits per heavy atom. The molecule has 0 aliphatic carbocycles. The number of amides is 2. The lowest BCUT2D eigenvalue weighted by Gasteiger charge is -2.38. The molecule has 0 aromatic heterocycles. The molecule has 1 aliphatic heterocycles. The number of likely N-dealkylation sites (tertiary alicyclic amines) is 1. The van der Waals surface area contributed by atoms with E-state index in [1.54, 1.807) is 4.90 Å². The maximum atomic E-state index is 12.2. The minimum Gasteiger partial charge on any atom is -0.450 e. The number of hydrogen-bond donors (Lipinski definition) is 1. The molecule has 5 heteroatoms. The summed E-state index contributed by atoms with van der Waals surface area (Å²) in [5.74, 6) is 0.473. The van der Waals surface area contributed by atoms with Gasteiger partial charge in [0.15, 0.2) is 0 Å². The molecule has 1 rings (SSSR count). The molecule has 1 aliphatic rings. The summed E-state index contributed by atoms with van der Waals surface area (Å²) in [5, 5.41) is 3.10. The SMILES string of the molecule is CCCCC1CC(NC(=O)C(C)(C)C)CN(C(=O)OCC)C1. The molecule has 0 spiro atoms. The molecule has 0 aromatic rings. The van der Waals surface area contributed by atoms with Crippen LogP contribution in [-0.4, -0.2) is 42.6 Å². The molecular formula is C17H32N2O3. The molecular weight excluding hydrogens is 280 g/mol. The standard InChI is InChI=1S/C17H32N2O3/c1-6-8-9-13-10-14(18-15(20)17(3,4)5)12-19(11-13)16(21)22-7-2/h13-14H,6-12H2,1-5H3,(H,18,20). The van der Waals surface area contributed by atoms with Crippen LogP contribution in [0.5, 0.6) is 0 Å². The van der Waals surface area contributed by atoms with Gasteiger partial charge in [-0.25, -0.2) is 4.79 Å². The molecule has 128 valence electrons. The Morgan fingerprint density at radius 1 is 1.23 bits per heavy atom. The van der Waals surface area contributed by atoms with E-state index in [0.717, 1.165) is 32.2 Å². The first-order valence-electron chi connectivity index (χ1n) is 8.50. The van der Waals surface area contributed by atoms with Crippen molar-refractivity contribution in [3.05, 3.63) is 0 Å². The van der Waals surface area contributed by atoms with Gasteiger partial charge in [-0.3, -0.25) is 4.79 Å². The minimum atomic E-state index is -0.412. The van der Waals surface area contributed by atoms with Gasteiger partial charge in [-0.1, -0.05) is 40.5 Å². The number of unbranched alkanes of at least 4 members (excludes halogenated alkanes) is 1. The predicted molar refractivity (Wildman–Crippen MR) is 87.6 cm³/mol. The molecule has 1 N–H and O–H groups in total. The summed E-state index contributed by atoms with van der Waals surface area (Å²) >= 11 is 0. The summed E-state index contributed by atoms with van der Waals surface area (Å²) in [7, 11) is 0. The molecule has 5 nitrogen and oxygen atoms in total. The van der Waals surface area contributed by atoms with Gasteiger partial charge < -0.3 is 15.0 Å². The van der Waals surface area contributed by atoms with E-state index in [0.29, 0.717) is 19.1 Å². The molecule has 1 heterocycles. The van der Waals surface area contributed by atoms with E-state index in [-0.39, 0.29) is 18.0 Å². The molecule has 2 unspecified atom stereocenters. The first-order valence-corrected chi connectivity index (χ1v) is 8.50. The van der Waals surface area contributed by atoms with E-state index in [1.165, 1.54) is 0 Å². The van der Waals surface area contributed by atoms with Gasteiger partial charge in [-0.05, 0) is 25.7 Å². The fraction of sp³-hybridized carbons (Fsp3) is 0.882. The third-order valence-electron chi connectivity index (χ3n) is 4.05. The highest BCUT2D eigenvalue weighted by Crippen LogP contribution is 2.24. The Hall–Kier alpha value is -1.26. The van der Waals surface area contributed by atoms with Crippen molar-refractivity contribution in [2.24, 2.45) is 11.3 Å². The summed E-state index contributed by atoms with van der Waals surface area (Å²) in [6.45, 7) is 11.4. The molecule has 1 fully saturated rings. The van der Waals surface area contributed by atoms with E-state index in [9.17, 15) is 9.59 Å². The molecule has 0 radical (unpaired) electrons. The Labute approximate surface area is 134 Å². The lowest BCUT2D eigenvalue weighted by Crippen LogP contribution is -2.54. The average Bonchev–Trinajstić information content (AvgIpc) is 2.44. The number of hydrogen-bond acceptors (Lipinski definition) is 3. The minimum absolute atomic E-state index is 0.0201. The number of ether oxygens (including phenoxy) is 1. The second kappa shape index (κ2) is 8.39. The second-order valence-electron chi connectivity index (χ2n) is 7.27. The summed E-state index contributed by atoms with van der Waals surface area (Å²) in [6.07, 6.45) is 4.07. The van der Waals surface area contributed by atoms with E-state index in [1.807, 2.05) is 27.7 Å². The quantitative estimate of drug-likeness (QED) is 0.848. The highest BCUT2D eigenvalue weighted by atomic mass is 16.6. The maximum absolute atomic E-state index is 12.2. The Balaban J connectivity index is 2.70. The number of carbonyl (C=O) groups is 2. The van der Waals surface area contributed by atoms with Crippen LogP contribution in [0.25, 0.3) is 0 Å². The highest BCUT2D eigenvalue weighted by molar-refractivity contribution is 5.81. The van der Waals surface area contributed by atoms with Crippen molar-refractivity contribution in [3.63, 3.8) is 0 Å². The molecule has 2 amide bonds. The first kappa shape index (κ1) is 18.8. The number of carbonyl (C=O) groups excluding carboxylic acids is 2. The highest BCUT2D eigenvalue weighted by Gasteiger charge is 2.33. The van der Waals surface area contributed by atoms with E-state index < -0.39 is 5.41 Å². The number of nitrogens with one attached hydrogen (secondary N) is 1. The Bertz CT molecular complexity index is 377. The summed E-state index contributed by atoms with van der Waals surface area (Å²) in [5.41, 5.74) is -0.412. The summed E-state index contributed by atoms with van der Waals surface area (Å²) in [6, 6.07) is 0.0201. The lowest BCUT2D eigenvalue weighted by atomic mass is 9.88. The number of piperidine rings is 1.